The van der Waals surface area contributed by atoms with Gasteiger partial charge in [0.15, 0.2) is 6.61 Å². The number of para-hydroxylation sites is 1. The lowest BCUT2D eigenvalue weighted by atomic mass is 10.1. The van der Waals surface area contributed by atoms with Crippen molar-refractivity contribution in [2.75, 3.05) is 11.9 Å². The maximum Gasteiger partial charge on any atom is 0.326 e. The Hall–Kier alpha value is -2.71. The first-order valence-electron chi connectivity index (χ1n) is 8.20. The van der Waals surface area contributed by atoms with E-state index in [9.17, 15) is 14.4 Å². The summed E-state index contributed by atoms with van der Waals surface area (Å²) in [4.78, 5) is 40.7. The van der Waals surface area contributed by atoms with Crippen LogP contribution >= 0.6 is 27.5 Å². The Kier molecular flexibility index (Phi) is 6.11. The van der Waals surface area contributed by atoms with E-state index in [2.05, 4.69) is 26.2 Å². The summed E-state index contributed by atoms with van der Waals surface area (Å²) in [7, 11) is 0. The molecule has 7 nitrogen and oxygen atoms in total. The van der Waals surface area contributed by atoms with E-state index in [0.717, 1.165) is 14.6 Å². The van der Waals surface area contributed by atoms with Gasteiger partial charge in [-0.3, -0.25) is 19.0 Å². The molecule has 0 aliphatic heterocycles. The van der Waals surface area contributed by atoms with Crippen molar-refractivity contribution in [3.63, 3.8) is 0 Å². The normalized spacial score (nSPS) is 10.7. The second-order valence-electron chi connectivity index (χ2n) is 5.98. The number of rotatable bonds is 5. The number of hydrogen-bond acceptors (Lipinski definition) is 5. The Morgan fingerprint density at radius 1 is 1.29 bits per heavy atom. The van der Waals surface area contributed by atoms with Crippen LogP contribution in [0.2, 0.25) is 5.02 Å². The zero-order chi connectivity index (χ0) is 20.3. The number of amides is 1. The van der Waals surface area contributed by atoms with Gasteiger partial charge in [-0.2, -0.15) is 0 Å². The third-order valence-corrected chi connectivity index (χ3v) is 4.73. The maximum absolute atomic E-state index is 12.5. The molecule has 0 aliphatic rings. The molecule has 1 N–H and O–H groups in total. The number of halogens is 2. The van der Waals surface area contributed by atoms with Gasteiger partial charge in [-0.15, -0.1) is 0 Å². The summed E-state index contributed by atoms with van der Waals surface area (Å²) in [6.07, 6.45) is 1.29. The minimum absolute atomic E-state index is 0.345. The van der Waals surface area contributed by atoms with Gasteiger partial charge in [0, 0.05) is 4.47 Å². The predicted octanol–water partition coefficient (Wildman–Crippen LogP) is 3.30. The molecule has 1 amide bonds. The number of carbonyl (C=O) groups excluding carboxylic acids is 2. The van der Waals surface area contributed by atoms with E-state index in [1.807, 2.05) is 13.0 Å². The molecular weight excluding hydrogens is 450 g/mol. The maximum atomic E-state index is 12.5. The lowest BCUT2D eigenvalue weighted by molar-refractivity contribution is -0.147. The molecule has 0 bridgehead atoms. The number of hydrogen-bond donors (Lipinski definition) is 1. The molecule has 9 heteroatoms. The summed E-state index contributed by atoms with van der Waals surface area (Å²) in [6, 6.07) is 10.2. The molecule has 28 heavy (non-hydrogen) atoms. The topological polar surface area (TPSA) is 90.3 Å². The van der Waals surface area contributed by atoms with Crippen LogP contribution in [-0.4, -0.2) is 28.0 Å². The number of anilines is 1. The van der Waals surface area contributed by atoms with Gasteiger partial charge in [0.25, 0.3) is 11.5 Å². The van der Waals surface area contributed by atoms with Crippen molar-refractivity contribution in [2.24, 2.45) is 0 Å². The average Bonchev–Trinajstić information content (AvgIpc) is 2.65. The van der Waals surface area contributed by atoms with Gasteiger partial charge < -0.3 is 10.1 Å². The van der Waals surface area contributed by atoms with E-state index in [1.54, 1.807) is 30.3 Å². The summed E-state index contributed by atoms with van der Waals surface area (Å²) in [5.74, 6) is -1.27. The summed E-state index contributed by atoms with van der Waals surface area (Å²) < 4.78 is 6.86. The van der Waals surface area contributed by atoms with Crippen molar-refractivity contribution in [1.82, 2.24) is 9.55 Å². The molecule has 0 saturated heterocycles. The number of esters is 1. The fourth-order valence-corrected chi connectivity index (χ4v) is 3.28. The van der Waals surface area contributed by atoms with E-state index in [1.165, 1.54) is 6.33 Å². The quantitative estimate of drug-likeness (QED) is 0.585. The first kappa shape index (κ1) is 20.0. The summed E-state index contributed by atoms with van der Waals surface area (Å²) in [5.41, 5.74) is 1.50. The largest absolute Gasteiger partial charge is 0.454 e. The molecule has 3 rings (SSSR count). The molecule has 0 saturated carbocycles. The molecule has 0 atom stereocenters. The SMILES string of the molecule is Cc1cccc2c(=O)n(CC(=O)OCC(=O)Nc3ccc(Br)cc3Cl)cnc12. The molecule has 0 fully saturated rings. The summed E-state index contributed by atoms with van der Waals surface area (Å²) >= 11 is 9.29. The van der Waals surface area contributed by atoms with Crippen molar-refractivity contribution < 1.29 is 14.3 Å². The van der Waals surface area contributed by atoms with Gasteiger partial charge in [0.1, 0.15) is 6.54 Å². The van der Waals surface area contributed by atoms with Crippen LogP contribution in [0.25, 0.3) is 10.9 Å². The van der Waals surface area contributed by atoms with E-state index in [-0.39, 0.29) is 12.1 Å². The van der Waals surface area contributed by atoms with Gasteiger partial charge in [-0.05, 0) is 36.8 Å². The Morgan fingerprint density at radius 2 is 2.07 bits per heavy atom. The fraction of sp³-hybridized carbons (Fsp3) is 0.158. The second-order valence-corrected chi connectivity index (χ2v) is 7.30. The smallest absolute Gasteiger partial charge is 0.326 e. The van der Waals surface area contributed by atoms with Gasteiger partial charge in [0.05, 0.1) is 27.9 Å². The van der Waals surface area contributed by atoms with Crippen molar-refractivity contribution >= 4 is 56.0 Å². The second kappa shape index (κ2) is 8.53. The van der Waals surface area contributed by atoms with Crippen LogP contribution in [0, 0.1) is 6.92 Å². The monoisotopic (exact) mass is 463 g/mol. The average molecular weight is 465 g/mol. The van der Waals surface area contributed by atoms with Crippen LogP contribution in [0.4, 0.5) is 5.69 Å². The Morgan fingerprint density at radius 3 is 2.82 bits per heavy atom. The number of nitrogens with one attached hydrogen (secondary N) is 1. The van der Waals surface area contributed by atoms with E-state index in [4.69, 9.17) is 16.3 Å². The van der Waals surface area contributed by atoms with Gasteiger partial charge in [0.2, 0.25) is 0 Å². The first-order chi connectivity index (χ1) is 13.3. The van der Waals surface area contributed by atoms with Crippen LogP contribution < -0.4 is 10.9 Å². The van der Waals surface area contributed by atoms with Crippen LogP contribution in [0.15, 0.2) is 52.0 Å². The molecule has 0 unspecified atom stereocenters. The Labute approximate surface area is 173 Å². The Balaban J connectivity index is 1.61. The zero-order valence-electron chi connectivity index (χ0n) is 14.7. The number of carbonyl (C=O) groups is 2. The molecule has 1 heterocycles. The van der Waals surface area contributed by atoms with Crippen LogP contribution in [0.1, 0.15) is 5.56 Å². The van der Waals surface area contributed by atoms with Crippen molar-refractivity contribution in [3.05, 3.63) is 68.1 Å². The molecule has 1 aromatic heterocycles. The number of fused-ring (bicyclic) bond motifs is 1. The highest BCUT2D eigenvalue weighted by molar-refractivity contribution is 9.10. The summed E-state index contributed by atoms with van der Waals surface area (Å²) in [6.45, 7) is 1.01. The standard InChI is InChI=1S/C19H15BrClN3O4/c1-11-3-2-4-13-18(11)22-10-24(19(13)27)8-17(26)28-9-16(25)23-15-6-5-12(20)7-14(15)21/h2-7,10H,8-9H2,1H3,(H,23,25). The first-order valence-corrected chi connectivity index (χ1v) is 9.37. The lowest BCUT2D eigenvalue weighted by Crippen LogP contribution is -2.28. The predicted molar refractivity (Wildman–Crippen MR) is 109 cm³/mol. The van der Waals surface area contributed by atoms with Crippen LogP contribution in [0.5, 0.6) is 0 Å². The van der Waals surface area contributed by atoms with Crippen molar-refractivity contribution in [3.8, 4) is 0 Å². The minimum Gasteiger partial charge on any atom is -0.454 e. The van der Waals surface area contributed by atoms with Crippen molar-refractivity contribution in [1.29, 1.82) is 0 Å². The molecule has 0 spiro atoms. The third-order valence-electron chi connectivity index (χ3n) is 3.92. The van der Waals surface area contributed by atoms with Gasteiger partial charge in [-0.25, -0.2) is 4.98 Å². The van der Waals surface area contributed by atoms with Crippen molar-refractivity contribution in [2.45, 2.75) is 13.5 Å². The zero-order valence-corrected chi connectivity index (χ0v) is 17.1. The molecule has 144 valence electrons. The number of aromatic nitrogens is 2. The lowest BCUT2D eigenvalue weighted by Gasteiger charge is -2.09. The van der Waals surface area contributed by atoms with E-state index < -0.39 is 18.5 Å². The third kappa shape index (κ3) is 4.58. The number of ether oxygens (including phenoxy) is 1. The van der Waals surface area contributed by atoms with E-state index in [0.29, 0.717) is 21.6 Å². The van der Waals surface area contributed by atoms with E-state index >= 15 is 0 Å². The molecule has 0 aliphatic carbocycles. The highest BCUT2D eigenvalue weighted by atomic mass is 79.9. The van der Waals surface area contributed by atoms with Gasteiger partial charge >= 0.3 is 5.97 Å². The summed E-state index contributed by atoms with van der Waals surface area (Å²) in [5, 5.41) is 3.31. The number of aryl methyl sites for hydroxylation is 1. The molecular formula is C19H15BrClN3O4. The fourth-order valence-electron chi connectivity index (χ4n) is 2.56. The van der Waals surface area contributed by atoms with Gasteiger partial charge in [-0.1, -0.05) is 39.7 Å². The van der Waals surface area contributed by atoms with Crippen LogP contribution in [-0.2, 0) is 20.9 Å². The minimum atomic E-state index is -0.729. The highest BCUT2D eigenvalue weighted by Gasteiger charge is 2.13. The Bertz CT molecular complexity index is 1130. The highest BCUT2D eigenvalue weighted by Crippen LogP contribution is 2.25. The number of nitrogens with zero attached hydrogens (tertiary/aromatic N) is 2. The number of benzene rings is 2. The molecule has 0 radical (unpaired) electrons. The van der Waals surface area contributed by atoms with Crippen LogP contribution in [0.3, 0.4) is 0 Å². The molecule has 3 aromatic rings. The molecule has 2 aromatic carbocycles.